The van der Waals surface area contributed by atoms with Gasteiger partial charge in [0.25, 0.3) is 0 Å². The van der Waals surface area contributed by atoms with Gasteiger partial charge in [0.15, 0.2) is 0 Å². The van der Waals surface area contributed by atoms with Gasteiger partial charge in [0.05, 0.1) is 0 Å². The average molecular weight is 571 g/mol. The van der Waals surface area contributed by atoms with Crippen LogP contribution in [0.15, 0.2) is 146 Å². The highest BCUT2D eigenvalue weighted by Gasteiger charge is 2.33. The average Bonchev–Trinajstić information content (AvgIpc) is 3.09. The van der Waals surface area contributed by atoms with Gasteiger partial charge in [-0.05, 0) is 111 Å². The summed E-state index contributed by atoms with van der Waals surface area (Å²) in [5.41, 5.74) is 10.6. The number of benzene rings is 9. The third-order valence-corrected chi connectivity index (χ3v) is 10.6. The first-order valence-electron chi connectivity index (χ1n) is 15.9. The van der Waals surface area contributed by atoms with E-state index in [1.165, 1.54) is 98.4 Å². The van der Waals surface area contributed by atoms with E-state index in [4.69, 9.17) is 0 Å². The second kappa shape index (κ2) is 8.80. The Bertz CT molecular complexity index is 2650. The van der Waals surface area contributed by atoms with Crippen LogP contribution in [0.2, 0.25) is 0 Å². The molecule has 1 aliphatic carbocycles. The summed E-state index contributed by atoms with van der Waals surface area (Å²) in [6.07, 6.45) is 0. The van der Waals surface area contributed by atoms with E-state index < -0.39 is 0 Å². The van der Waals surface area contributed by atoms with Gasteiger partial charge in [-0.1, -0.05) is 147 Å². The topological polar surface area (TPSA) is 0 Å². The second-order valence-electron chi connectivity index (χ2n) is 13.3. The van der Waals surface area contributed by atoms with E-state index in [-0.39, 0.29) is 5.41 Å². The molecule has 0 heterocycles. The molecule has 10 rings (SSSR count). The van der Waals surface area contributed by atoms with Gasteiger partial charge in [0, 0.05) is 5.41 Å². The number of rotatable bonds is 2. The lowest BCUT2D eigenvalue weighted by molar-refractivity contribution is 0.645. The molecule has 210 valence electrons. The summed E-state index contributed by atoms with van der Waals surface area (Å²) in [4.78, 5) is 0. The lowest BCUT2D eigenvalue weighted by Crippen LogP contribution is -2.23. The highest BCUT2D eigenvalue weighted by molar-refractivity contribution is 6.25. The molecule has 0 N–H and O–H groups in total. The summed E-state index contributed by atoms with van der Waals surface area (Å²) in [5, 5.41) is 13.2. The predicted molar refractivity (Wildman–Crippen MR) is 194 cm³/mol. The molecular weight excluding hydrogens is 540 g/mol. The molecule has 0 nitrogen and oxygen atoms in total. The van der Waals surface area contributed by atoms with Gasteiger partial charge in [-0.2, -0.15) is 0 Å². The minimum Gasteiger partial charge on any atom is -0.0619 e. The maximum Gasteiger partial charge on any atom is 0.0159 e. The van der Waals surface area contributed by atoms with Gasteiger partial charge < -0.3 is 0 Å². The van der Waals surface area contributed by atoms with Crippen LogP contribution in [0.4, 0.5) is 0 Å². The minimum absolute atomic E-state index is 0.0490. The van der Waals surface area contributed by atoms with Crippen LogP contribution in [0, 0.1) is 0 Å². The molecule has 0 unspecified atom stereocenters. The molecule has 0 fully saturated rings. The summed E-state index contributed by atoms with van der Waals surface area (Å²) in [5.74, 6) is 0. The molecule has 0 saturated carbocycles. The Hall–Kier alpha value is -5.46. The Morgan fingerprint density at radius 2 is 0.889 bits per heavy atom. The summed E-state index contributed by atoms with van der Waals surface area (Å²) in [6.45, 7) is 4.73. The predicted octanol–water partition coefficient (Wildman–Crippen LogP) is 12.5. The zero-order valence-corrected chi connectivity index (χ0v) is 25.4. The zero-order chi connectivity index (χ0) is 29.9. The molecule has 45 heavy (non-hydrogen) atoms. The van der Waals surface area contributed by atoms with Crippen LogP contribution in [-0.2, 0) is 5.41 Å². The van der Waals surface area contributed by atoms with Crippen LogP contribution >= 0.6 is 0 Å². The molecule has 0 heteroatoms. The fraction of sp³-hybridized carbons (Fsp3) is 0.0667. The fourth-order valence-corrected chi connectivity index (χ4v) is 8.38. The Labute approximate surface area is 262 Å². The van der Waals surface area contributed by atoms with Crippen molar-refractivity contribution >= 4 is 53.9 Å². The summed E-state index contributed by atoms with van der Waals surface area (Å²) in [6, 6.07) is 54.7. The highest BCUT2D eigenvalue weighted by Crippen LogP contribution is 2.50. The van der Waals surface area contributed by atoms with Crippen molar-refractivity contribution < 1.29 is 0 Å². The molecule has 0 radical (unpaired) electrons. The van der Waals surface area contributed by atoms with Crippen LogP contribution < -0.4 is 0 Å². The van der Waals surface area contributed by atoms with Gasteiger partial charge in [-0.3, -0.25) is 0 Å². The van der Waals surface area contributed by atoms with E-state index >= 15 is 0 Å². The SMILES string of the molecule is CC1(C)c2ccccc2-c2cccc3c(-c4ccc5cc(-c6ccc7ccc8cccc9ccc6c7c89)ccc5c4)ccc1c23. The molecule has 0 saturated heterocycles. The summed E-state index contributed by atoms with van der Waals surface area (Å²) >= 11 is 0. The molecule has 0 bridgehead atoms. The van der Waals surface area contributed by atoms with E-state index in [1.54, 1.807) is 0 Å². The van der Waals surface area contributed by atoms with Crippen LogP contribution in [0.1, 0.15) is 25.0 Å². The number of fused-ring (bicyclic) bond motifs is 3. The molecule has 9 aromatic rings. The van der Waals surface area contributed by atoms with Crippen molar-refractivity contribution in [2.45, 2.75) is 19.3 Å². The van der Waals surface area contributed by atoms with Crippen LogP contribution in [0.3, 0.4) is 0 Å². The molecule has 0 aromatic heterocycles. The first-order valence-corrected chi connectivity index (χ1v) is 15.9. The van der Waals surface area contributed by atoms with Crippen molar-refractivity contribution in [2.75, 3.05) is 0 Å². The Morgan fingerprint density at radius 3 is 1.64 bits per heavy atom. The third-order valence-electron chi connectivity index (χ3n) is 10.6. The van der Waals surface area contributed by atoms with Gasteiger partial charge in [0.2, 0.25) is 0 Å². The second-order valence-corrected chi connectivity index (χ2v) is 13.3. The fourth-order valence-electron chi connectivity index (χ4n) is 8.38. The van der Waals surface area contributed by atoms with Crippen molar-refractivity contribution in [2.24, 2.45) is 0 Å². The van der Waals surface area contributed by atoms with E-state index in [0.717, 1.165) is 0 Å². The largest absolute Gasteiger partial charge is 0.0619 e. The van der Waals surface area contributed by atoms with Crippen molar-refractivity contribution in [3.05, 3.63) is 157 Å². The van der Waals surface area contributed by atoms with Gasteiger partial charge in [0.1, 0.15) is 0 Å². The maximum absolute atomic E-state index is 2.37. The molecule has 0 aliphatic heterocycles. The molecule has 0 atom stereocenters. The van der Waals surface area contributed by atoms with Crippen LogP contribution in [0.5, 0.6) is 0 Å². The van der Waals surface area contributed by atoms with Crippen molar-refractivity contribution in [1.82, 2.24) is 0 Å². The minimum atomic E-state index is -0.0490. The quantitative estimate of drug-likeness (QED) is 0.181. The lowest BCUT2D eigenvalue weighted by atomic mass is 9.68. The molecule has 9 aromatic carbocycles. The standard InChI is InChI=1S/C45H30/c1-45(2)40-12-4-3-9-36(40)38-11-6-10-37-35(23-24-41(45)44(37)38)33-18-16-30-25-32(17-15-31(30)26-33)34-21-19-29-14-13-27-7-5-8-28-20-22-39(34)43(29)42(27)28/h3-26H,1-2H3. The highest BCUT2D eigenvalue weighted by atomic mass is 14.4. The number of hydrogen-bond acceptors (Lipinski definition) is 0. The Balaban J connectivity index is 1.13. The Kier molecular flexibility index (Phi) is 4.88. The van der Waals surface area contributed by atoms with Crippen molar-refractivity contribution in [3.63, 3.8) is 0 Å². The molecular formula is C45H30. The van der Waals surface area contributed by atoms with Crippen molar-refractivity contribution in [3.8, 4) is 33.4 Å². The first kappa shape index (κ1) is 24.9. The Morgan fingerprint density at radius 1 is 0.333 bits per heavy atom. The van der Waals surface area contributed by atoms with Gasteiger partial charge >= 0.3 is 0 Å². The van der Waals surface area contributed by atoms with Gasteiger partial charge in [-0.25, -0.2) is 0 Å². The normalized spacial score (nSPS) is 13.7. The lowest BCUT2D eigenvalue weighted by Gasteiger charge is -2.35. The zero-order valence-electron chi connectivity index (χ0n) is 25.4. The molecule has 0 spiro atoms. The van der Waals surface area contributed by atoms with E-state index in [0.29, 0.717) is 0 Å². The smallest absolute Gasteiger partial charge is 0.0159 e. The summed E-state index contributed by atoms with van der Waals surface area (Å²) < 4.78 is 0. The molecule has 1 aliphatic rings. The number of hydrogen-bond donors (Lipinski definition) is 0. The van der Waals surface area contributed by atoms with Crippen molar-refractivity contribution in [1.29, 1.82) is 0 Å². The first-order chi connectivity index (χ1) is 22.1. The van der Waals surface area contributed by atoms with Crippen LogP contribution in [-0.4, -0.2) is 0 Å². The van der Waals surface area contributed by atoms with Gasteiger partial charge in [-0.15, -0.1) is 0 Å². The van der Waals surface area contributed by atoms with E-state index in [1.807, 2.05) is 0 Å². The third kappa shape index (κ3) is 3.37. The van der Waals surface area contributed by atoms with Crippen LogP contribution in [0.25, 0.3) is 87.2 Å². The van der Waals surface area contributed by atoms with E-state index in [9.17, 15) is 0 Å². The summed E-state index contributed by atoms with van der Waals surface area (Å²) in [7, 11) is 0. The molecule has 0 amide bonds. The van der Waals surface area contributed by atoms with E-state index in [2.05, 4.69) is 159 Å². The maximum atomic E-state index is 2.37. The monoisotopic (exact) mass is 570 g/mol.